The van der Waals surface area contributed by atoms with Crippen LogP contribution in [0.4, 0.5) is 0 Å². The van der Waals surface area contributed by atoms with Gasteiger partial charge in [0.05, 0.1) is 19.2 Å². The summed E-state index contributed by atoms with van der Waals surface area (Å²) in [6.07, 6.45) is 6.53. The molecular formula is C47H60IrN3O3Si-. The van der Waals surface area contributed by atoms with Crippen molar-refractivity contribution in [3.05, 3.63) is 83.0 Å². The summed E-state index contributed by atoms with van der Waals surface area (Å²) in [6.45, 7) is 30.3. The van der Waals surface area contributed by atoms with Gasteiger partial charge in [-0.05, 0) is 68.0 Å². The van der Waals surface area contributed by atoms with Crippen LogP contribution < -0.4 is 5.19 Å². The van der Waals surface area contributed by atoms with Gasteiger partial charge < -0.3 is 9.52 Å². The van der Waals surface area contributed by atoms with E-state index in [-0.39, 0.29) is 48.4 Å². The van der Waals surface area contributed by atoms with Crippen LogP contribution in [0.5, 0.6) is 0 Å². The molecule has 3 heterocycles. The number of rotatable bonds is 10. The molecular weight excluding hydrogens is 875 g/mol. The number of aryl methyl sites for hydroxylation is 3. The fraction of sp³-hybridized carbons (Fsp3) is 0.447. The Bertz CT molecular complexity index is 2400. The summed E-state index contributed by atoms with van der Waals surface area (Å²) in [5.41, 5.74) is 7.41. The summed E-state index contributed by atoms with van der Waals surface area (Å²) in [4.78, 5) is 27.0. The number of nitrogens with zero attached hydrogens (tertiary/aromatic N) is 3. The van der Waals surface area contributed by atoms with Gasteiger partial charge in [-0.2, -0.15) is 0 Å². The van der Waals surface area contributed by atoms with Crippen LogP contribution in [0.3, 0.4) is 0 Å². The molecule has 0 atom stereocenters. The smallest absolute Gasteiger partial charge is 0.216 e. The van der Waals surface area contributed by atoms with Crippen LogP contribution >= 0.6 is 0 Å². The largest absolute Gasteiger partial charge is 0.512 e. The molecule has 0 amide bonds. The van der Waals surface area contributed by atoms with Crippen LogP contribution in [0.1, 0.15) is 110 Å². The molecule has 295 valence electrons. The van der Waals surface area contributed by atoms with E-state index in [4.69, 9.17) is 14.4 Å². The molecule has 1 N–H and O–H groups in total. The normalized spacial score (nSPS) is 12.7. The van der Waals surface area contributed by atoms with Gasteiger partial charge in [0.1, 0.15) is 11.6 Å². The second kappa shape index (κ2) is 16.8. The predicted molar refractivity (Wildman–Crippen MR) is 231 cm³/mol. The minimum atomic E-state index is -1.57. The molecule has 1 radical (unpaired) electrons. The number of hydrogen-bond acceptors (Lipinski definition) is 6. The van der Waals surface area contributed by atoms with E-state index in [2.05, 4.69) is 89.6 Å². The number of benzene rings is 3. The van der Waals surface area contributed by atoms with Gasteiger partial charge in [-0.1, -0.05) is 122 Å². The third kappa shape index (κ3) is 8.24. The number of furan rings is 1. The summed E-state index contributed by atoms with van der Waals surface area (Å²) in [7, 11) is -1.57. The first kappa shape index (κ1) is 44.0. The third-order valence-electron chi connectivity index (χ3n) is 12.1. The topological polar surface area (TPSA) is 89.1 Å². The summed E-state index contributed by atoms with van der Waals surface area (Å²) >= 11 is 0. The fourth-order valence-corrected chi connectivity index (χ4v) is 10.3. The zero-order chi connectivity index (χ0) is 39.9. The van der Waals surface area contributed by atoms with Crippen LogP contribution in [-0.4, -0.2) is 33.9 Å². The van der Waals surface area contributed by atoms with Crippen molar-refractivity contribution in [3.63, 3.8) is 0 Å². The maximum Gasteiger partial charge on any atom is 0.216 e. The number of ketones is 1. The predicted octanol–water partition coefficient (Wildman–Crippen LogP) is 12.8. The number of aromatic nitrogens is 3. The van der Waals surface area contributed by atoms with E-state index in [1.165, 1.54) is 33.2 Å². The van der Waals surface area contributed by atoms with Gasteiger partial charge in [-0.3, -0.25) is 9.78 Å². The molecule has 0 fully saturated rings. The Morgan fingerprint density at radius 2 is 1.55 bits per heavy atom. The zero-order valence-electron chi connectivity index (χ0n) is 35.5. The van der Waals surface area contributed by atoms with E-state index >= 15 is 0 Å². The molecule has 0 spiro atoms. The second-order valence-corrected chi connectivity index (χ2v) is 22.0. The number of hydrogen-bond donors (Lipinski definition) is 1. The van der Waals surface area contributed by atoms with E-state index in [1.54, 1.807) is 6.20 Å². The number of aliphatic hydroxyl groups excluding tert-OH is 1. The second-order valence-electron chi connectivity index (χ2n) is 17.0. The van der Waals surface area contributed by atoms with Gasteiger partial charge in [0.2, 0.25) is 5.71 Å². The van der Waals surface area contributed by atoms with Crippen LogP contribution in [0.15, 0.2) is 58.8 Å². The van der Waals surface area contributed by atoms with Gasteiger partial charge in [-0.25, -0.2) is 9.97 Å². The number of carbonyl (C=O) groups excluding carboxylic acids is 1. The molecule has 8 heteroatoms. The Balaban J connectivity index is 0.000000320. The Hall–Kier alpha value is -3.71. The van der Waals surface area contributed by atoms with Crippen molar-refractivity contribution < 1.29 is 34.4 Å². The van der Waals surface area contributed by atoms with E-state index in [0.29, 0.717) is 5.71 Å². The minimum Gasteiger partial charge on any atom is -0.512 e. The van der Waals surface area contributed by atoms with Gasteiger partial charge in [0.15, 0.2) is 5.78 Å². The van der Waals surface area contributed by atoms with Crippen molar-refractivity contribution >= 4 is 62.8 Å². The molecule has 0 saturated carbocycles. The first-order valence-electron chi connectivity index (χ1n) is 19.7. The van der Waals surface area contributed by atoms with Crippen LogP contribution in [0.25, 0.3) is 55.0 Å². The number of fused-ring (bicyclic) bond motifs is 6. The summed E-state index contributed by atoms with van der Waals surface area (Å²) in [5.74, 6) is 1.30. The van der Waals surface area contributed by atoms with Gasteiger partial charge in [-0.15, -0.1) is 17.7 Å². The summed E-state index contributed by atoms with van der Waals surface area (Å²) < 4.78 is 6.36. The average Bonchev–Trinajstić information content (AvgIpc) is 3.53. The molecule has 0 saturated heterocycles. The number of pyridine rings is 1. The Morgan fingerprint density at radius 3 is 2.13 bits per heavy atom. The number of aliphatic hydroxyl groups is 1. The summed E-state index contributed by atoms with van der Waals surface area (Å²) in [5, 5.41) is 17.2. The number of carbonyl (C=O) groups is 1. The van der Waals surface area contributed by atoms with E-state index in [1.807, 2.05) is 53.7 Å². The molecule has 3 aromatic carbocycles. The molecule has 55 heavy (non-hydrogen) atoms. The maximum absolute atomic E-state index is 12.2. The van der Waals surface area contributed by atoms with Gasteiger partial charge in [0, 0.05) is 65.6 Å². The Morgan fingerprint density at radius 1 is 0.909 bits per heavy atom. The van der Waals surface area contributed by atoms with Crippen LogP contribution in [-0.2, 0) is 24.9 Å². The van der Waals surface area contributed by atoms with Gasteiger partial charge in [0.25, 0.3) is 0 Å². The molecule has 6 aromatic rings. The van der Waals surface area contributed by atoms with E-state index < -0.39 is 8.07 Å². The van der Waals surface area contributed by atoms with Crippen molar-refractivity contribution in [2.45, 2.75) is 127 Å². The molecule has 0 aliphatic carbocycles. The van der Waals surface area contributed by atoms with Crippen LogP contribution in [0.2, 0.25) is 19.6 Å². The molecule has 0 unspecified atom stereocenters. The Kier molecular flexibility index (Phi) is 13.4. The van der Waals surface area contributed by atoms with Crippen molar-refractivity contribution in [2.24, 2.45) is 10.8 Å². The van der Waals surface area contributed by atoms with E-state index in [9.17, 15) is 9.90 Å². The van der Waals surface area contributed by atoms with E-state index in [0.717, 1.165) is 75.6 Å². The Labute approximate surface area is 343 Å². The third-order valence-corrected chi connectivity index (χ3v) is 14.3. The SMILES string of the molecule is CCC(C)(CC)C(=O)/C=C(\O)C(C)(CC)CC.Cc1cc2ccc3c(-c4[c-]cc(C)c5c4oc4ncccc45)nc(C(C)C)nc3c2c(C)c1[Si](C)(C)C.[Ir]. The molecule has 0 aliphatic rings. The molecule has 6 nitrogen and oxygen atoms in total. The maximum atomic E-state index is 12.2. The standard InChI is InChI=1S/C32H32N3OSi.C15H28O2.Ir/c1-17(2)31-34-27(24-13-11-18(3)25-22-10-9-15-33-32(22)36-29(24)25)23-14-12-21-16-19(4)30(37(6,7)8)20(5)26(21)28(23)35-31;1-7-14(5,8-2)12(16)11-13(17)15(6,9-3)10-4;/h9-12,14-17H,1-8H3;11,16H,7-10H2,1-6H3;/q-1;;/b;12-11-;. The first-order chi connectivity index (χ1) is 25.3. The van der Waals surface area contributed by atoms with Crippen LogP contribution in [0, 0.1) is 37.7 Å². The number of allylic oxidation sites excluding steroid dienone is 2. The molecule has 3 aromatic heterocycles. The minimum absolute atomic E-state index is 0. The summed E-state index contributed by atoms with van der Waals surface area (Å²) in [6, 6.07) is 16.3. The average molecular weight is 935 g/mol. The molecule has 6 rings (SSSR count). The first-order valence-corrected chi connectivity index (χ1v) is 23.2. The molecule has 0 aliphatic heterocycles. The van der Waals surface area contributed by atoms with Gasteiger partial charge >= 0.3 is 0 Å². The van der Waals surface area contributed by atoms with Crippen molar-refractivity contribution in [1.82, 2.24) is 15.0 Å². The quantitative estimate of drug-likeness (QED) is 0.0484. The van der Waals surface area contributed by atoms with Crippen molar-refractivity contribution in [3.8, 4) is 11.3 Å². The van der Waals surface area contributed by atoms with Crippen molar-refractivity contribution in [1.29, 1.82) is 0 Å². The van der Waals surface area contributed by atoms with Crippen molar-refractivity contribution in [2.75, 3.05) is 0 Å². The fourth-order valence-electron chi connectivity index (χ4n) is 7.75. The molecule has 0 bridgehead atoms. The zero-order valence-corrected chi connectivity index (χ0v) is 38.9. The monoisotopic (exact) mass is 935 g/mol.